The normalized spacial score (nSPS) is 15.1. The molecule has 0 aromatic heterocycles. The first-order valence-corrected chi connectivity index (χ1v) is 8.45. The Balaban J connectivity index is 2.78. The van der Waals surface area contributed by atoms with Crippen molar-refractivity contribution in [3.8, 4) is 0 Å². The van der Waals surface area contributed by atoms with Crippen molar-refractivity contribution in [3.05, 3.63) is 35.9 Å². The van der Waals surface area contributed by atoms with Gasteiger partial charge in [0.15, 0.2) is 0 Å². The minimum Gasteiger partial charge on any atom is -0.426 e. The number of nitrogens with one attached hydrogen (secondary N) is 2. The number of amides is 1. The van der Waals surface area contributed by atoms with Gasteiger partial charge in [-0.25, -0.2) is 0 Å². The number of carbonyl (C=O) groups excluding carboxylic acids is 1. The van der Waals surface area contributed by atoms with E-state index in [9.17, 15) is 14.8 Å². The number of hydrogen-bond acceptors (Lipinski definition) is 5. The van der Waals surface area contributed by atoms with Crippen LogP contribution >= 0.6 is 12.6 Å². The Labute approximate surface area is 144 Å². The third-order valence-corrected chi connectivity index (χ3v) is 3.60. The predicted octanol–water partition coefficient (Wildman–Crippen LogP) is 1.01. The first-order chi connectivity index (χ1) is 10.8. The lowest BCUT2D eigenvalue weighted by Gasteiger charge is -2.25. The summed E-state index contributed by atoms with van der Waals surface area (Å²) in [5, 5.41) is 24.6. The van der Waals surface area contributed by atoms with E-state index >= 15 is 0 Å². The van der Waals surface area contributed by atoms with Crippen LogP contribution in [0.1, 0.15) is 32.8 Å². The summed E-state index contributed by atoms with van der Waals surface area (Å²) in [5.41, 5.74) is 1.03. The summed E-state index contributed by atoms with van der Waals surface area (Å²) in [6.07, 6.45) is 1.01. The van der Waals surface area contributed by atoms with Gasteiger partial charge >= 0.3 is 7.12 Å². The van der Waals surface area contributed by atoms with Gasteiger partial charge in [-0.05, 0) is 31.2 Å². The van der Waals surface area contributed by atoms with Crippen molar-refractivity contribution in [1.29, 1.82) is 0 Å². The molecule has 1 rings (SSSR count). The highest BCUT2D eigenvalue weighted by Crippen LogP contribution is 2.09. The van der Waals surface area contributed by atoms with Crippen LogP contribution in [0, 0.1) is 5.92 Å². The highest BCUT2D eigenvalue weighted by molar-refractivity contribution is 7.80. The lowest BCUT2D eigenvalue weighted by atomic mass is 9.75. The average molecular weight is 338 g/mol. The Hall–Kier alpha value is -1.02. The van der Waals surface area contributed by atoms with Crippen LogP contribution in [-0.4, -0.2) is 40.4 Å². The molecule has 0 aliphatic carbocycles. The molecule has 5 nitrogen and oxygen atoms in total. The van der Waals surface area contributed by atoms with Crippen molar-refractivity contribution in [2.45, 2.75) is 51.0 Å². The van der Waals surface area contributed by atoms with Gasteiger partial charge in [-0.2, -0.15) is 12.6 Å². The Bertz CT molecular complexity index is 472. The molecule has 0 radical (unpaired) electrons. The third-order valence-electron chi connectivity index (χ3n) is 3.45. The zero-order valence-electron chi connectivity index (χ0n) is 13.9. The predicted molar refractivity (Wildman–Crippen MR) is 97.1 cm³/mol. The van der Waals surface area contributed by atoms with E-state index in [0.717, 1.165) is 5.56 Å². The molecule has 0 bridgehead atoms. The fourth-order valence-corrected chi connectivity index (χ4v) is 2.59. The smallest absolute Gasteiger partial charge is 0.426 e. The molecule has 23 heavy (non-hydrogen) atoms. The average Bonchev–Trinajstić information content (AvgIpc) is 2.45. The molecule has 3 atom stereocenters. The summed E-state index contributed by atoms with van der Waals surface area (Å²) in [6.45, 7) is 5.79. The summed E-state index contributed by atoms with van der Waals surface area (Å²) in [6, 6.07) is 9.20. The molecule has 0 saturated heterocycles. The molecule has 128 valence electrons. The monoisotopic (exact) mass is 338 g/mol. The Kier molecular flexibility index (Phi) is 8.69. The zero-order chi connectivity index (χ0) is 17.4. The maximum Gasteiger partial charge on any atom is 0.475 e. The molecule has 1 amide bonds. The van der Waals surface area contributed by atoms with Gasteiger partial charge in [0, 0.05) is 5.37 Å². The van der Waals surface area contributed by atoms with Gasteiger partial charge in [-0.3, -0.25) is 10.1 Å². The van der Waals surface area contributed by atoms with E-state index in [1.165, 1.54) is 0 Å². The van der Waals surface area contributed by atoms with Crippen LogP contribution < -0.4 is 10.6 Å². The summed E-state index contributed by atoms with van der Waals surface area (Å²) in [5.74, 6) is -0.697. The van der Waals surface area contributed by atoms with Crippen molar-refractivity contribution < 1.29 is 14.8 Å². The quantitative estimate of drug-likeness (QED) is 0.264. The molecule has 1 aromatic carbocycles. The van der Waals surface area contributed by atoms with E-state index in [4.69, 9.17) is 0 Å². The standard InChI is InChI=1S/C16H27BN2O3S/c1-11(2)9-15(17(21)22)19-16(20)14(18-12(3)23)10-13-7-5-4-6-8-13/h4-8,11-12,14-15,18,21-23H,9-10H2,1-3H3,(H,19,20)/t12?,14-,15-/m0/s1. The molecule has 7 heteroatoms. The Morgan fingerprint density at radius 2 is 1.83 bits per heavy atom. The van der Waals surface area contributed by atoms with Crippen molar-refractivity contribution >= 4 is 25.7 Å². The fraction of sp³-hybridized carbons (Fsp3) is 0.562. The topological polar surface area (TPSA) is 81.6 Å². The minimum atomic E-state index is -1.58. The Morgan fingerprint density at radius 3 is 2.30 bits per heavy atom. The van der Waals surface area contributed by atoms with Gasteiger partial charge in [0.1, 0.15) is 0 Å². The molecule has 4 N–H and O–H groups in total. The number of thiol groups is 1. The molecule has 1 unspecified atom stereocenters. The lowest BCUT2D eigenvalue weighted by molar-refractivity contribution is -0.123. The van der Waals surface area contributed by atoms with Crippen molar-refractivity contribution in [3.63, 3.8) is 0 Å². The second-order valence-electron chi connectivity index (χ2n) is 6.24. The largest absolute Gasteiger partial charge is 0.475 e. The molecule has 0 heterocycles. The van der Waals surface area contributed by atoms with Gasteiger partial charge in [0.2, 0.25) is 5.91 Å². The SMILES string of the molecule is CC(C)C[C@H](NC(=O)[C@H](Cc1ccccc1)NC(C)S)B(O)O. The van der Waals surface area contributed by atoms with Crippen LogP contribution in [0.3, 0.4) is 0 Å². The van der Waals surface area contributed by atoms with Crippen molar-refractivity contribution in [2.24, 2.45) is 5.92 Å². The second-order valence-corrected chi connectivity index (χ2v) is 7.02. The van der Waals surface area contributed by atoms with Crippen LogP contribution in [0.2, 0.25) is 0 Å². The molecule has 0 aliphatic heterocycles. The second kappa shape index (κ2) is 9.98. The van der Waals surface area contributed by atoms with Gasteiger partial charge in [0.25, 0.3) is 0 Å². The van der Waals surface area contributed by atoms with E-state index in [1.807, 2.05) is 51.1 Å². The van der Waals surface area contributed by atoms with Crippen LogP contribution in [0.5, 0.6) is 0 Å². The summed E-state index contributed by atoms with van der Waals surface area (Å²) in [7, 11) is -1.58. The summed E-state index contributed by atoms with van der Waals surface area (Å²) < 4.78 is 0. The highest BCUT2D eigenvalue weighted by Gasteiger charge is 2.29. The van der Waals surface area contributed by atoms with Crippen LogP contribution in [-0.2, 0) is 11.2 Å². The van der Waals surface area contributed by atoms with E-state index in [0.29, 0.717) is 12.8 Å². The summed E-state index contributed by atoms with van der Waals surface area (Å²) >= 11 is 4.30. The van der Waals surface area contributed by atoms with Gasteiger partial charge in [-0.15, -0.1) is 0 Å². The highest BCUT2D eigenvalue weighted by atomic mass is 32.1. The molecule has 1 aromatic rings. The third kappa shape index (κ3) is 7.88. The van der Waals surface area contributed by atoms with Crippen LogP contribution in [0.25, 0.3) is 0 Å². The Morgan fingerprint density at radius 1 is 1.22 bits per heavy atom. The molecular weight excluding hydrogens is 311 g/mol. The van der Waals surface area contributed by atoms with E-state index in [1.54, 1.807) is 0 Å². The number of benzene rings is 1. The number of rotatable bonds is 9. The molecule has 0 aliphatic rings. The molecule has 0 fully saturated rings. The van der Waals surface area contributed by atoms with E-state index in [-0.39, 0.29) is 17.2 Å². The summed E-state index contributed by atoms with van der Waals surface area (Å²) in [4.78, 5) is 12.5. The first kappa shape index (κ1) is 20.0. The number of carbonyl (C=O) groups is 1. The fourth-order valence-electron chi connectivity index (χ4n) is 2.41. The number of hydrogen-bond donors (Lipinski definition) is 5. The zero-order valence-corrected chi connectivity index (χ0v) is 14.8. The van der Waals surface area contributed by atoms with Crippen molar-refractivity contribution in [1.82, 2.24) is 10.6 Å². The van der Waals surface area contributed by atoms with Gasteiger partial charge in [0.05, 0.1) is 12.0 Å². The molecule has 0 saturated carbocycles. The van der Waals surface area contributed by atoms with E-state index < -0.39 is 19.1 Å². The van der Waals surface area contributed by atoms with E-state index in [2.05, 4.69) is 23.3 Å². The van der Waals surface area contributed by atoms with Gasteiger partial charge in [-0.1, -0.05) is 44.2 Å². The molecule has 0 spiro atoms. The molecular formula is C16H27BN2O3S. The van der Waals surface area contributed by atoms with Crippen LogP contribution in [0.4, 0.5) is 0 Å². The van der Waals surface area contributed by atoms with Crippen LogP contribution in [0.15, 0.2) is 30.3 Å². The first-order valence-electron chi connectivity index (χ1n) is 7.94. The maximum atomic E-state index is 12.5. The lowest BCUT2D eigenvalue weighted by Crippen LogP contribution is -2.54. The van der Waals surface area contributed by atoms with Crippen molar-refractivity contribution in [2.75, 3.05) is 0 Å². The maximum absolute atomic E-state index is 12.5. The minimum absolute atomic E-state index is 0.155. The van der Waals surface area contributed by atoms with Gasteiger partial charge < -0.3 is 15.4 Å².